The van der Waals surface area contributed by atoms with Gasteiger partial charge in [0.1, 0.15) is 0 Å². The summed E-state index contributed by atoms with van der Waals surface area (Å²) in [6.07, 6.45) is 1.73. The van der Waals surface area contributed by atoms with Crippen molar-refractivity contribution < 1.29 is 9.90 Å². The first-order valence-corrected chi connectivity index (χ1v) is 6.57. The van der Waals surface area contributed by atoms with Crippen LogP contribution in [-0.2, 0) is 4.79 Å². The highest BCUT2D eigenvalue weighted by Gasteiger charge is 2.31. The van der Waals surface area contributed by atoms with Gasteiger partial charge in [-0.15, -0.1) is 0 Å². The van der Waals surface area contributed by atoms with Crippen molar-refractivity contribution in [2.24, 2.45) is 23.5 Å². The van der Waals surface area contributed by atoms with Gasteiger partial charge in [0, 0.05) is 19.7 Å². The summed E-state index contributed by atoms with van der Waals surface area (Å²) in [5, 5.41) is 9.06. The summed E-state index contributed by atoms with van der Waals surface area (Å²) < 4.78 is 0. The topological polar surface area (TPSA) is 66.6 Å². The molecule has 5 heteroatoms. The van der Waals surface area contributed by atoms with Gasteiger partial charge in [-0.3, -0.25) is 4.79 Å². The number of amides is 1. The summed E-state index contributed by atoms with van der Waals surface area (Å²) in [4.78, 5) is 14.4. The maximum absolute atomic E-state index is 12.3. The van der Waals surface area contributed by atoms with Crippen LogP contribution in [0.1, 0.15) is 26.7 Å². The van der Waals surface area contributed by atoms with Crippen molar-refractivity contribution in [2.45, 2.75) is 26.7 Å². The van der Waals surface area contributed by atoms with Crippen LogP contribution in [0.25, 0.3) is 0 Å². The summed E-state index contributed by atoms with van der Waals surface area (Å²) in [6.45, 7) is 5.54. The minimum Gasteiger partial charge on any atom is -0.396 e. The van der Waals surface area contributed by atoms with Gasteiger partial charge in [-0.25, -0.2) is 0 Å². The first-order valence-electron chi connectivity index (χ1n) is 6.16. The molecule has 0 aromatic carbocycles. The molecule has 17 heavy (non-hydrogen) atoms. The quantitative estimate of drug-likeness (QED) is 0.731. The number of carbonyl (C=O) groups excluding carboxylic acids is 1. The number of aliphatic hydroxyl groups excluding tert-OH is 1. The predicted molar refractivity (Wildman–Crippen MR) is 71.5 cm³/mol. The molecule has 0 spiro atoms. The van der Waals surface area contributed by atoms with Crippen LogP contribution in [0.15, 0.2) is 0 Å². The molecular weight excluding hydrogens is 236 g/mol. The number of likely N-dealkylation sites (tertiary alicyclic amines) is 1. The Hall–Kier alpha value is -0.680. The lowest BCUT2D eigenvalue weighted by Crippen LogP contribution is -2.47. The molecule has 0 aliphatic carbocycles. The fourth-order valence-corrected chi connectivity index (χ4v) is 2.64. The summed E-state index contributed by atoms with van der Waals surface area (Å²) in [7, 11) is 0. The Morgan fingerprint density at radius 2 is 2.00 bits per heavy atom. The minimum atomic E-state index is -0.351. The molecule has 1 amide bonds. The molecule has 1 aliphatic rings. The largest absolute Gasteiger partial charge is 0.396 e. The van der Waals surface area contributed by atoms with Gasteiger partial charge in [0.25, 0.3) is 0 Å². The van der Waals surface area contributed by atoms with Gasteiger partial charge in [-0.1, -0.05) is 26.1 Å². The maximum atomic E-state index is 12.3. The maximum Gasteiger partial charge on any atom is 0.232 e. The van der Waals surface area contributed by atoms with Crippen molar-refractivity contribution in [3.05, 3.63) is 0 Å². The molecule has 1 saturated heterocycles. The Labute approximate surface area is 108 Å². The molecule has 1 atom stereocenters. The molecule has 1 heterocycles. The average molecular weight is 258 g/mol. The van der Waals surface area contributed by atoms with Gasteiger partial charge in [-0.05, 0) is 24.7 Å². The van der Waals surface area contributed by atoms with Crippen molar-refractivity contribution in [2.75, 3.05) is 19.7 Å². The second-order valence-electron chi connectivity index (χ2n) is 5.08. The van der Waals surface area contributed by atoms with Gasteiger partial charge in [0.05, 0.1) is 10.9 Å². The highest BCUT2D eigenvalue weighted by atomic mass is 32.1. The van der Waals surface area contributed by atoms with E-state index in [1.54, 1.807) is 0 Å². The number of hydrogen-bond acceptors (Lipinski definition) is 3. The number of thiocarbonyl (C=S) groups is 1. The van der Waals surface area contributed by atoms with Gasteiger partial charge < -0.3 is 15.7 Å². The zero-order valence-electron chi connectivity index (χ0n) is 10.6. The molecule has 0 radical (unpaired) electrons. The lowest BCUT2D eigenvalue weighted by Gasteiger charge is -2.34. The predicted octanol–water partition coefficient (Wildman–Crippen LogP) is 0.776. The normalized spacial score (nSPS) is 19.4. The Bertz CT molecular complexity index is 286. The monoisotopic (exact) mass is 258 g/mol. The van der Waals surface area contributed by atoms with Crippen LogP contribution in [0.4, 0.5) is 0 Å². The fraction of sp³-hybridized carbons (Fsp3) is 0.833. The number of carbonyl (C=O) groups is 1. The Balaban J connectivity index is 2.61. The van der Waals surface area contributed by atoms with E-state index in [1.807, 2.05) is 18.7 Å². The lowest BCUT2D eigenvalue weighted by molar-refractivity contribution is -0.136. The van der Waals surface area contributed by atoms with E-state index in [9.17, 15) is 4.79 Å². The average Bonchev–Trinajstić information content (AvgIpc) is 2.28. The first kappa shape index (κ1) is 14.4. The number of hydrogen-bond donors (Lipinski definition) is 2. The van der Waals surface area contributed by atoms with Crippen LogP contribution in [-0.4, -0.2) is 40.6 Å². The molecule has 4 nitrogen and oxygen atoms in total. The van der Waals surface area contributed by atoms with Gasteiger partial charge in [0.15, 0.2) is 0 Å². The van der Waals surface area contributed by atoms with E-state index in [2.05, 4.69) is 0 Å². The van der Waals surface area contributed by atoms with Crippen molar-refractivity contribution >= 4 is 23.1 Å². The van der Waals surface area contributed by atoms with Gasteiger partial charge in [0.2, 0.25) is 5.91 Å². The summed E-state index contributed by atoms with van der Waals surface area (Å²) in [5.41, 5.74) is 5.64. The van der Waals surface area contributed by atoms with Crippen LogP contribution in [0, 0.1) is 17.8 Å². The van der Waals surface area contributed by atoms with Crippen molar-refractivity contribution in [1.29, 1.82) is 0 Å². The van der Waals surface area contributed by atoms with Crippen LogP contribution >= 0.6 is 12.2 Å². The zero-order chi connectivity index (χ0) is 13.0. The van der Waals surface area contributed by atoms with Crippen molar-refractivity contribution in [3.8, 4) is 0 Å². The highest BCUT2D eigenvalue weighted by Crippen LogP contribution is 2.21. The molecule has 1 fully saturated rings. The first-order chi connectivity index (χ1) is 7.97. The molecule has 1 rings (SSSR count). The van der Waals surface area contributed by atoms with E-state index < -0.39 is 0 Å². The second kappa shape index (κ2) is 6.31. The zero-order valence-corrected chi connectivity index (χ0v) is 11.4. The van der Waals surface area contributed by atoms with Crippen LogP contribution in [0.5, 0.6) is 0 Å². The molecule has 0 bridgehead atoms. The van der Waals surface area contributed by atoms with E-state index in [-0.39, 0.29) is 29.3 Å². The van der Waals surface area contributed by atoms with Gasteiger partial charge >= 0.3 is 0 Å². The second-order valence-corrected chi connectivity index (χ2v) is 5.55. The standard InChI is InChI=1S/C12H22N2O2S/c1-8(2)10(11(13)17)12(16)14-5-3-9(7-15)4-6-14/h8-10,15H,3-7H2,1-2H3,(H2,13,17). The number of nitrogens with two attached hydrogens (primary N) is 1. The van der Waals surface area contributed by atoms with Crippen LogP contribution in [0.3, 0.4) is 0 Å². The van der Waals surface area contributed by atoms with Crippen LogP contribution in [0.2, 0.25) is 0 Å². The smallest absolute Gasteiger partial charge is 0.232 e. The lowest BCUT2D eigenvalue weighted by atomic mass is 9.91. The third kappa shape index (κ3) is 3.64. The van der Waals surface area contributed by atoms with E-state index in [0.29, 0.717) is 19.0 Å². The van der Waals surface area contributed by atoms with E-state index in [4.69, 9.17) is 23.1 Å². The van der Waals surface area contributed by atoms with Crippen LogP contribution < -0.4 is 5.73 Å². The summed E-state index contributed by atoms with van der Waals surface area (Å²) in [6, 6.07) is 0. The summed E-state index contributed by atoms with van der Waals surface area (Å²) >= 11 is 4.98. The number of nitrogens with zero attached hydrogens (tertiary/aromatic N) is 1. The molecule has 0 aromatic rings. The molecule has 1 aliphatic heterocycles. The van der Waals surface area contributed by atoms with E-state index in [1.165, 1.54) is 0 Å². The number of rotatable bonds is 4. The highest BCUT2D eigenvalue weighted by molar-refractivity contribution is 7.80. The molecule has 0 aromatic heterocycles. The third-order valence-electron chi connectivity index (χ3n) is 3.42. The Morgan fingerprint density at radius 3 is 2.35 bits per heavy atom. The molecule has 0 saturated carbocycles. The third-order valence-corrected chi connectivity index (χ3v) is 3.68. The Kier molecular flexibility index (Phi) is 5.33. The van der Waals surface area contributed by atoms with E-state index >= 15 is 0 Å². The van der Waals surface area contributed by atoms with E-state index in [0.717, 1.165) is 12.8 Å². The number of piperidine rings is 1. The molecule has 98 valence electrons. The SMILES string of the molecule is CC(C)C(C(=O)N1CCC(CO)CC1)C(N)=S. The van der Waals surface area contributed by atoms with Crippen molar-refractivity contribution in [3.63, 3.8) is 0 Å². The molecular formula is C12H22N2O2S. The van der Waals surface area contributed by atoms with Crippen molar-refractivity contribution in [1.82, 2.24) is 4.90 Å². The molecule has 3 N–H and O–H groups in total. The minimum absolute atomic E-state index is 0.0453. The number of aliphatic hydroxyl groups is 1. The summed E-state index contributed by atoms with van der Waals surface area (Å²) in [5.74, 6) is 0.163. The molecule has 1 unspecified atom stereocenters. The van der Waals surface area contributed by atoms with Gasteiger partial charge in [-0.2, -0.15) is 0 Å². The Morgan fingerprint density at radius 1 is 1.47 bits per heavy atom. The fourth-order valence-electron chi connectivity index (χ4n) is 2.27.